The summed E-state index contributed by atoms with van der Waals surface area (Å²) in [4.78, 5) is 0. The Balaban J connectivity index is 2.01. The first-order valence-corrected chi connectivity index (χ1v) is 7.85. The zero-order valence-electron chi connectivity index (χ0n) is 12.3. The van der Waals surface area contributed by atoms with E-state index in [0.717, 1.165) is 44.1 Å². The van der Waals surface area contributed by atoms with Crippen molar-refractivity contribution in [2.45, 2.75) is 63.9 Å². The molecule has 1 fully saturated rings. The molecule has 3 rings (SSSR count). The average molecular weight is 269 g/mol. The average Bonchev–Trinajstić information content (AvgIpc) is 2.97. The fourth-order valence-corrected chi connectivity index (χ4v) is 4.00. The Morgan fingerprint density at radius 3 is 2.40 bits per heavy atom. The summed E-state index contributed by atoms with van der Waals surface area (Å²) in [6.07, 6.45) is 8.50. The molecule has 1 aromatic rings. The van der Waals surface area contributed by atoms with Gasteiger partial charge in [0, 0.05) is 0 Å². The van der Waals surface area contributed by atoms with Crippen LogP contribution in [0, 0.1) is 16.7 Å². The largest absolute Gasteiger partial charge is 0.384 e. The third-order valence-corrected chi connectivity index (χ3v) is 5.51. The number of rotatable bonds is 2. The monoisotopic (exact) mass is 269 g/mol. The maximum absolute atomic E-state index is 11.1. The van der Waals surface area contributed by atoms with Gasteiger partial charge in [-0.2, -0.15) is 5.26 Å². The van der Waals surface area contributed by atoms with Gasteiger partial charge in [0.05, 0.1) is 11.5 Å². The fraction of sp³-hybridized carbons (Fsp3) is 0.611. The van der Waals surface area contributed by atoms with Gasteiger partial charge in [-0.25, -0.2) is 0 Å². The minimum Gasteiger partial charge on any atom is -0.384 e. The molecule has 0 aromatic heterocycles. The smallest absolute Gasteiger partial charge is 0.105 e. The molecule has 0 amide bonds. The predicted octanol–water partition coefficient (Wildman–Crippen LogP) is 3.86. The number of nitrogens with zero attached hydrogens (tertiary/aromatic N) is 1. The second kappa shape index (κ2) is 4.90. The van der Waals surface area contributed by atoms with Gasteiger partial charge >= 0.3 is 0 Å². The van der Waals surface area contributed by atoms with Crippen LogP contribution in [0.3, 0.4) is 0 Å². The molecule has 106 valence electrons. The summed E-state index contributed by atoms with van der Waals surface area (Å²) in [5.74, 6) is 0. The summed E-state index contributed by atoms with van der Waals surface area (Å²) >= 11 is 0. The van der Waals surface area contributed by atoms with Gasteiger partial charge in [-0.15, -0.1) is 0 Å². The van der Waals surface area contributed by atoms with Crippen molar-refractivity contribution in [3.8, 4) is 6.07 Å². The molecular formula is C18H23NO. The van der Waals surface area contributed by atoms with E-state index in [0.29, 0.717) is 0 Å². The van der Waals surface area contributed by atoms with Crippen LogP contribution >= 0.6 is 0 Å². The summed E-state index contributed by atoms with van der Waals surface area (Å²) in [5.41, 5.74) is 2.09. The van der Waals surface area contributed by atoms with Gasteiger partial charge < -0.3 is 5.11 Å². The Hall–Kier alpha value is -1.33. The number of benzene rings is 1. The van der Waals surface area contributed by atoms with E-state index in [2.05, 4.69) is 18.2 Å². The van der Waals surface area contributed by atoms with Crippen LogP contribution in [0.15, 0.2) is 18.2 Å². The molecule has 1 aromatic carbocycles. The Morgan fingerprint density at radius 1 is 1.10 bits per heavy atom. The van der Waals surface area contributed by atoms with Gasteiger partial charge in [-0.1, -0.05) is 31.0 Å². The number of fused-ring (bicyclic) bond motifs is 1. The molecule has 2 nitrogen and oxygen atoms in total. The maximum Gasteiger partial charge on any atom is 0.105 e. The van der Waals surface area contributed by atoms with E-state index in [1.807, 2.05) is 13.0 Å². The number of aliphatic hydroxyl groups is 1. The summed E-state index contributed by atoms with van der Waals surface area (Å²) in [6.45, 7) is 1.84. The van der Waals surface area contributed by atoms with Crippen LogP contribution in [-0.4, -0.2) is 5.11 Å². The zero-order chi connectivity index (χ0) is 14.2. The van der Waals surface area contributed by atoms with Crippen LogP contribution in [0.25, 0.3) is 0 Å². The Morgan fingerprint density at radius 2 is 1.75 bits per heavy atom. The van der Waals surface area contributed by atoms with Crippen molar-refractivity contribution >= 4 is 0 Å². The standard InChI is InChI=1S/C18H23NO/c1-17(20,18(13-19)10-4-5-11-18)16-9-8-14-6-2-3-7-15(14)12-16/h8-9,12,20H,2-7,10-11H2,1H3. The molecule has 0 saturated heterocycles. The highest BCUT2D eigenvalue weighted by Gasteiger charge is 2.50. The number of hydrogen-bond acceptors (Lipinski definition) is 2. The Labute approximate surface area is 121 Å². The summed E-state index contributed by atoms with van der Waals surface area (Å²) < 4.78 is 0. The van der Waals surface area contributed by atoms with Crippen molar-refractivity contribution in [1.29, 1.82) is 5.26 Å². The lowest BCUT2D eigenvalue weighted by Crippen LogP contribution is -2.40. The lowest BCUT2D eigenvalue weighted by atomic mass is 9.68. The molecule has 2 aliphatic carbocycles. The van der Waals surface area contributed by atoms with Crippen molar-refractivity contribution in [2.75, 3.05) is 0 Å². The van der Waals surface area contributed by atoms with E-state index in [9.17, 15) is 10.4 Å². The first-order chi connectivity index (χ1) is 9.59. The predicted molar refractivity (Wildman–Crippen MR) is 79.2 cm³/mol. The van der Waals surface area contributed by atoms with Gasteiger partial charge in [0.15, 0.2) is 0 Å². The third kappa shape index (κ3) is 1.96. The number of nitriles is 1. The molecule has 0 spiro atoms. The normalized spacial score (nSPS) is 23.6. The van der Waals surface area contributed by atoms with Crippen molar-refractivity contribution in [3.05, 3.63) is 34.9 Å². The SMILES string of the molecule is CC(O)(c1ccc2c(c1)CCCC2)C1(C#N)CCCC1. The maximum atomic E-state index is 11.1. The molecule has 0 heterocycles. The summed E-state index contributed by atoms with van der Waals surface area (Å²) in [5, 5.41) is 20.8. The van der Waals surface area contributed by atoms with E-state index in [-0.39, 0.29) is 0 Å². The van der Waals surface area contributed by atoms with Crippen LogP contribution in [0.5, 0.6) is 0 Å². The molecule has 2 heteroatoms. The minimum atomic E-state index is -1.04. The lowest BCUT2D eigenvalue weighted by Gasteiger charge is -2.38. The summed E-state index contributed by atoms with van der Waals surface area (Å²) in [7, 11) is 0. The van der Waals surface area contributed by atoms with E-state index in [4.69, 9.17) is 0 Å². The van der Waals surface area contributed by atoms with E-state index in [1.54, 1.807) is 0 Å². The van der Waals surface area contributed by atoms with E-state index < -0.39 is 11.0 Å². The Kier molecular flexibility index (Phi) is 3.34. The fourth-order valence-electron chi connectivity index (χ4n) is 4.00. The lowest BCUT2D eigenvalue weighted by molar-refractivity contribution is -0.0423. The van der Waals surface area contributed by atoms with Crippen LogP contribution in [0.1, 0.15) is 62.1 Å². The van der Waals surface area contributed by atoms with Gasteiger partial charge in [-0.3, -0.25) is 0 Å². The number of aryl methyl sites for hydroxylation is 2. The topological polar surface area (TPSA) is 44.0 Å². The van der Waals surface area contributed by atoms with Crippen LogP contribution < -0.4 is 0 Å². The molecular weight excluding hydrogens is 246 g/mol. The molecule has 1 unspecified atom stereocenters. The number of hydrogen-bond donors (Lipinski definition) is 1. The molecule has 0 aliphatic heterocycles. The first kappa shape index (κ1) is 13.6. The molecule has 1 atom stereocenters. The highest BCUT2D eigenvalue weighted by atomic mass is 16.3. The molecule has 2 aliphatic rings. The Bertz CT molecular complexity index is 547. The van der Waals surface area contributed by atoms with Crippen molar-refractivity contribution < 1.29 is 5.11 Å². The van der Waals surface area contributed by atoms with E-state index >= 15 is 0 Å². The molecule has 1 N–H and O–H groups in total. The quantitative estimate of drug-likeness (QED) is 0.886. The van der Waals surface area contributed by atoms with Gasteiger partial charge in [-0.05, 0) is 62.1 Å². The zero-order valence-corrected chi connectivity index (χ0v) is 12.3. The van der Waals surface area contributed by atoms with Crippen LogP contribution in [0.4, 0.5) is 0 Å². The molecule has 1 saturated carbocycles. The van der Waals surface area contributed by atoms with Gasteiger partial charge in [0.1, 0.15) is 5.60 Å². The van der Waals surface area contributed by atoms with Crippen molar-refractivity contribution in [2.24, 2.45) is 5.41 Å². The molecule has 0 radical (unpaired) electrons. The minimum absolute atomic E-state index is 0.601. The van der Waals surface area contributed by atoms with Crippen molar-refractivity contribution in [1.82, 2.24) is 0 Å². The first-order valence-electron chi connectivity index (χ1n) is 7.85. The summed E-state index contributed by atoms with van der Waals surface area (Å²) in [6, 6.07) is 8.81. The second-order valence-corrected chi connectivity index (χ2v) is 6.66. The van der Waals surface area contributed by atoms with E-state index in [1.165, 1.54) is 24.0 Å². The second-order valence-electron chi connectivity index (χ2n) is 6.66. The highest BCUT2D eigenvalue weighted by molar-refractivity contribution is 5.38. The molecule has 20 heavy (non-hydrogen) atoms. The highest BCUT2D eigenvalue weighted by Crippen LogP contribution is 2.51. The molecule has 0 bridgehead atoms. The van der Waals surface area contributed by atoms with Crippen molar-refractivity contribution in [3.63, 3.8) is 0 Å². The van der Waals surface area contributed by atoms with Gasteiger partial charge in [0.25, 0.3) is 0 Å². The third-order valence-electron chi connectivity index (χ3n) is 5.51. The van der Waals surface area contributed by atoms with Crippen LogP contribution in [-0.2, 0) is 18.4 Å². The van der Waals surface area contributed by atoms with Crippen LogP contribution in [0.2, 0.25) is 0 Å². The van der Waals surface area contributed by atoms with Gasteiger partial charge in [0.2, 0.25) is 0 Å².